The predicted molar refractivity (Wildman–Crippen MR) is 78.3 cm³/mol. The van der Waals surface area contributed by atoms with Crippen molar-refractivity contribution in [2.75, 3.05) is 18.0 Å². The molecule has 0 radical (unpaired) electrons. The van der Waals surface area contributed by atoms with Crippen molar-refractivity contribution in [3.05, 3.63) is 28.8 Å². The topological polar surface area (TPSA) is 55.1 Å². The molecular formula is C13H17ClN2OS. The maximum Gasteiger partial charge on any atom is 0.254 e. The van der Waals surface area contributed by atoms with Gasteiger partial charge in [-0.15, -0.1) is 0 Å². The van der Waals surface area contributed by atoms with Crippen molar-refractivity contribution in [1.82, 2.24) is 5.32 Å². The molecule has 0 aliphatic carbocycles. The smallest absolute Gasteiger partial charge is 0.254 e. The second-order valence-electron chi connectivity index (χ2n) is 4.40. The number of hydrogen-bond donors (Lipinski definition) is 2. The Labute approximate surface area is 116 Å². The van der Waals surface area contributed by atoms with Gasteiger partial charge in [0.25, 0.3) is 5.91 Å². The molecule has 18 heavy (non-hydrogen) atoms. The fraction of sp³-hybridized carbons (Fsp3) is 0.462. The van der Waals surface area contributed by atoms with E-state index in [0.717, 1.165) is 0 Å². The van der Waals surface area contributed by atoms with Crippen LogP contribution in [0.4, 0.5) is 5.69 Å². The number of amides is 1. The highest BCUT2D eigenvalue weighted by atomic mass is 35.5. The van der Waals surface area contributed by atoms with Gasteiger partial charge >= 0.3 is 0 Å². The summed E-state index contributed by atoms with van der Waals surface area (Å²) in [5, 5.41) is 3.85. The number of nitrogen functional groups attached to an aromatic ring is 1. The molecule has 1 atom stereocenters. The van der Waals surface area contributed by atoms with E-state index in [2.05, 4.69) is 5.32 Å². The van der Waals surface area contributed by atoms with Gasteiger partial charge in [-0.3, -0.25) is 4.79 Å². The first-order valence-electron chi connectivity index (χ1n) is 6.12. The minimum absolute atomic E-state index is 0.177. The molecule has 0 saturated carbocycles. The van der Waals surface area contributed by atoms with E-state index in [0.29, 0.717) is 28.1 Å². The molecular weight excluding hydrogens is 268 g/mol. The number of anilines is 1. The molecule has 98 valence electrons. The Hall–Kier alpha value is -0.870. The van der Waals surface area contributed by atoms with Gasteiger partial charge < -0.3 is 11.1 Å². The lowest BCUT2D eigenvalue weighted by molar-refractivity contribution is 0.0954. The highest BCUT2D eigenvalue weighted by Crippen LogP contribution is 2.25. The summed E-state index contributed by atoms with van der Waals surface area (Å²) in [5.41, 5.74) is 6.60. The van der Waals surface area contributed by atoms with Gasteiger partial charge in [0.15, 0.2) is 0 Å². The monoisotopic (exact) mass is 284 g/mol. The van der Waals surface area contributed by atoms with Gasteiger partial charge in [0.2, 0.25) is 0 Å². The first-order chi connectivity index (χ1) is 8.68. The van der Waals surface area contributed by atoms with Crippen LogP contribution in [0.5, 0.6) is 0 Å². The van der Waals surface area contributed by atoms with E-state index >= 15 is 0 Å². The average molecular weight is 285 g/mol. The minimum atomic E-state index is -0.177. The summed E-state index contributed by atoms with van der Waals surface area (Å²) in [4.78, 5) is 12.0. The summed E-state index contributed by atoms with van der Waals surface area (Å²) in [6, 6.07) is 5.11. The van der Waals surface area contributed by atoms with Crippen LogP contribution in [-0.4, -0.2) is 23.5 Å². The molecule has 2 rings (SSSR count). The normalized spacial score (nSPS) is 19.5. The lowest BCUT2D eigenvalue weighted by atomic mass is 10.1. The Balaban J connectivity index is 1.95. The molecule has 1 aliphatic rings. The molecule has 0 aromatic heterocycles. The van der Waals surface area contributed by atoms with E-state index in [4.69, 9.17) is 17.3 Å². The van der Waals surface area contributed by atoms with Crippen molar-refractivity contribution < 1.29 is 4.79 Å². The number of hydrogen-bond acceptors (Lipinski definition) is 3. The third kappa shape index (κ3) is 3.33. The molecule has 1 saturated heterocycles. The Kier molecular flexibility index (Phi) is 4.78. The Bertz CT molecular complexity index is 413. The van der Waals surface area contributed by atoms with Crippen LogP contribution >= 0.6 is 23.4 Å². The lowest BCUT2D eigenvalue weighted by Crippen LogP contribution is -2.32. The van der Waals surface area contributed by atoms with Crippen LogP contribution in [-0.2, 0) is 0 Å². The van der Waals surface area contributed by atoms with E-state index in [9.17, 15) is 4.79 Å². The first-order valence-corrected chi connectivity index (χ1v) is 7.55. The molecule has 5 heteroatoms. The molecule has 1 aromatic carbocycles. The van der Waals surface area contributed by atoms with E-state index in [1.807, 2.05) is 11.8 Å². The molecule has 1 heterocycles. The minimum Gasteiger partial charge on any atom is -0.398 e. The summed E-state index contributed by atoms with van der Waals surface area (Å²) in [7, 11) is 0. The molecule has 1 unspecified atom stereocenters. The summed E-state index contributed by atoms with van der Waals surface area (Å²) < 4.78 is 0. The van der Waals surface area contributed by atoms with Crippen LogP contribution in [0.3, 0.4) is 0 Å². The quantitative estimate of drug-likeness (QED) is 0.839. The molecule has 0 spiro atoms. The van der Waals surface area contributed by atoms with Crippen molar-refractivity contribution in [3.8, 4) is 0 Å². The van der Waals surface area contributed by atoms with Crippen LogP contribution in [0.15, 0.2) is 18.2 Å². The maximum atomic E-state index is 12.0. The summed E-state index contributed by atoms with van der Waals surface area (Å²) >= 11 is 7.93. The second kappa shape index (κ2) is 6.34. The fourth-order valence-electron chi connectivity index (χ4n) is 2.04. The average Bonchev–Trinajstić information content (AvgIpc) is 2.37. The molecule has 1 amide bonds. The third-order valence-electron chi connectivity index (χ3n) is 3.04. The van der Waals surface area contributed by atoms with Gasteiger partial charge in [-0.2, -0.15) is 11.8 Å². The van der Waals surface area contributed by atoms with Crippen LogP contribution in [0, 0.1) is 0 Å². The number of carbonyl (C=O) groups excluding carboxylic acids is 1. The lowest BCUT2D eigenvalue weighted by Gasteiger charge is -2.21. The van der Waals surface area contributed by atoms with Crippen molar-refractivity contribution in [2.24, 2.45) is 0 Å². The zero-order chi connectivity index (χ0) is 13.0. The number of nitrogens with two attached hydrogens (primary N) is 1. The first kappa shape index (κ1) is 13.6. The van der Waals surface area contributed by atoms with Gasteiger partial charge in [0.05, 0.1) is 10.6 Å². The summed E-state index contributed by atoms with van der Waals surface area (Å²) in [6.45, 7) is 0.689. The third-order valence-corrected chi connectivity index (χ3v) is 4.75. The van der Waals surface area contributed by atoms with E-state index in [1.165, 1.54) is 25.0 Å². The highest BCUT2D eigenvalue weighted by Gasteiger charge is 2.17. The van der Waals surface area contributed by atoms with E-state index < -0.39 is 0 Å². The van der Waals surface area contributed by atoms with Crippen LogP contribution in [0.1, 0.15) is 29.6 Å². The number of nitrogens with one attached hydrogen (secondary N) is 1. The van der Waals surface area contributed by atoms with Crippen molar-refractivity contribution >= 4 is 35.0 Å². The molecule has 1 aromatic rings. The van der Waals surface area contributed by atoms with Gasteiger partial charge in [0, 0.05) is 17.5 Å². The number of carbonyl (C=O) groups is 1. The Morgan fingerprint density at radius 3 is 3.00 bits per heavy atom. The van der Waals surface area contributed by atoms with Crippen LogP contribution in [0.25, 0.3) is 0 Å². The molecule has 1 aliphatic heterocycles. The summed E-state index contributed by atoms with van der Waals surface area (Å²) in [5.74, 6) is 1.01. The van der Waals surface area contributed by atoms with Crippen molar-refractivity contribution in [3.63, 3.8) is 0 Å². The fourth-order valence-corrected chi connectivity index (χ4v) is 3.55. The standard InChI is InChI=1S/C13H17ClN2OS/c14-10-5-3-6-11(15)12(10)13(17)16-8-9-4-1-2-7-18-9/h3,5-6,9H,1-2,4,7-8,15H2,(H,16,17). The van der Waals surface area contributed by atoms with E-state index in [-0.39, 0.29) is 5.91 Å². The number of rotatable bonds is 3. The summed E-state index contributed by atoms with van der Waals surface area (Å²) in [6.07, 6.45) is 3.71. The van der Waals surface area contributed by atoms with Gasteiger partial charge in [-0.1, -0.05) is 24.1 Å². The highest BCUT2D eigenvalue weighted by molar-refractivity contribution is 7.99. The van der Waals surface area contributed by atoms with Gasteiger partial charge in [0.1, 0.15) is 0 Å². The zero-order valence-electron chi connectivity index (χ0n) is 10.1. The number of thioether (sulfide) groups is 1. The number of halogens is 1. The van der Waals surface area contributed by atoms with Gasteiger partial charge in [-0.05, 0) is 30.7 Å². The molecule has 0 bridgehead atoms. The van der Waals surface area contributed by atoms with Crippen LogP contribution < -0.4 is 11.1 Å². The van der Waals surface area contributed by atoms with Crippen molar-refractivity contribution in [1.29, 1.82) is 0 Å². The van der Waals surface area contributed by atoms with Gasteiger partial charge in [-0.25, -0.2) is 0 Å². The molecule has 1 fully saturated rings. The number of benzene rings is 1. The van der Waals surface area contributed by atoms with E-state index in [1.54, 1.807) is 18.2 Å². The van der Waals surface area contributed by atoms with Crippen molar-refractivity contribution in [2.45, 2.75) is 24.5 Å². The maximum absolute atomic E-state index is 12.0. The molecule has 3 N–H and O–H groups in total. The second-order valence-corrected chi connectivity index (χ2v) is 6.22. The Morgan fingerprint density at radius 1 is 1.50 bits per heavy atom. The zero-order valence-corrected chi connectivity index (χ0v) is 11.7. The largest absolute Gasteiger partial charge is 0.398 e. The predicted octanol–water partition coefficient (Wildman–Crippen LogP) is 2.94. The Morgan fingerprint density at radius 2 is 2.33 bits per heavy atom. The molecule has 3 nitrogen and oxygen atoms in total. The van der Waals surface area contributed by atoms with Crippen LogP contribution in [0.2, 0.25) is 5.02 Å². The SMILES string of the molecule is Nc1cccc(Cl)c1C(=O)NCC1CCCCS1.